The number of ether oxygens (including phenoxy) is 1. The van der Waals surface area contributed by atoms with E-state index in [-0.39, 0.29) is 64.1 Å². The van der Waals surface area contributed by atoms with Gasteiger partial charge >= 0.3 is 5.69 Å². The van der Waals surface area contributed by atoms with E-state index in [9.17, 15) is 19.7 Å². The van der Waals surface area contributed by atoms with Gasteiger partial charge in [-0.2, -0.15) is 10.1 Å². The maximum atomic E-state index is 12.7. The van der Waals surface area contributed by atoms with Crippen molar-refractivity contribution in [3.05, 3.63) is 80.9 Å². The summed E-state index contributed by atoms with van der Waals surface area (Å²) in [7, 11) is 0. The number of hydrogen-bond donors (Lipinski definition) is 0. The summed E-state index contributed by atoms with van der Waals surface area (Å²) in [5.74, 6) is -1.25. The molecule has 0 spiro atoms. The number of nitrogens with zero attached hydrogens (tertiary/aromatic N) is 3. The first kappa shape index (κ1) is 20.4. The van der Waals surface area contributed by atoms with E-state index in [1.165, 1.54) is 18.3 Å². The van der Waals surface area contributed by atoms with Crippen molar-refractivity contribution in [1.82, 2.24) is 5.01 Å². The Morgan fingerprint density at radius 3 is 2.41 bits per heavy atom. The molecule has 162 valence electrons. The lowest BCUT2D eigenvalue weighted by atomic mass is 9.85. The topological polar surface area (TPSA) is 102 Å². The molecule has 8 nitrogen and oxygen atoms in total. The van der Waals surface area contributed by atoms with Crippen molar-refractivity contribution in [2.24, 2.45) is 28.8 Å². The van der Waals surface area contributed by atoms with Crippen molar-refractivity contribution < 1.29 is 19.2 Å². The molecule has 5 rings (SSSR count). The summed E-state index contributed by atoms with van der Waals surface area (Å²) >= 11 is 6.28. The molecular formula is C23H18ClN3O5. The van der Waals surface area contributed by atoms with Crippen LogP contribution in [0.5, 0.6) is 5.75 Å². The summed E-state index contributed by atoms with van der Waals surface area (Å²) in [4.78, 5) is 36.5. The molecule has 0 aromatic heterocycles. The van der Waals surface area contributed by atoms with E-state index in [4.69, 9.17) is 16.3 Å². The molecule has 1 aliphatic heterocycles. The average molecular weight is 452 g/mol. The molecule has 1 saturated heterocycles. The van der Waals surface area contributed by atoms with Gasteiger partial charge in [0.1, 0.15) is 6.61 Å². The van der Waals surface area contributed by atoms with Gasteiger partial charge in [-0.05, 0) is 29.9 Å². The fraction of sp³-hybridized carbons (Fsp3) is 0.261. The maximum Gasteiger partial charge on any atom is 0.313 e. The molecule has 2 amide bonds. The standard InChI is InChI=1S/C23H18ClN3O5/c24-17-8-14(9-18(27(30)31)21(17)32-12-13-4-2-1-3-5-13)11-25-26-22(28)19-15-6-7-16(10-15)20(19)23(26)29/h1-9,11,15-16,19-20H,10,12H2. The third-order valence-electron chi connectivity index (χ3n) is 6.24. The number of imide groups is 1. The predicted molar refractivity (Wildman–Crippen MR) is 116 cm³/mol. The molecule has 2 aromatic carbocycles. The lowest BCUT2D eigenvalue weighted by molar-refractivity contribution is -0.385. The van der Waals surface area contributed by atoms with Crippen molar-refractivity contribution in [2.75, 3.05) is 0 Å². The van der Waals surface area contributed by atoms with Gasteiger partial charge < -0.3 is 4.74 Å². The first-order valence-electron chi connectivity index (χ1n) is 10.2. The molecule has 4 unspecified atom stereocenters. The summed E-state index contributed by atoms with van der Waals surface area (Å²) in [6, 6.07) is 11.9. The van der Waals surface area contributed by atoms with Gasteiger partial charge in [-0.3, -0.25) is 19.7 Å². The van der Waals surface area contributed by atoms with Crippen molar-refractivity contribution in [3.63, 3.8) is 0 Å². The zero-order valence-electron chi connectivity index (χ0n) is 16.8. The fourth-order valence-electron chi connectivity index (χ4n) is 4.81. The summed E-state index contributed by atoms with van der Waals surface area (Å²) in [6.07, 6.45) is 6.08. The molecular weight excluding hydrogens is 434 g/mol. The van der Waals surface area contributed by atoms with E-state index in [0.717, 1.165) is 17.0 Å². The highest BCUT2D eigenvalue weighted by atomic mass is 35.5. The van der Waals surface area contributed by atoms with Gasteiger partial charge in [-0.1, -0.05) is 54.1 Å². The molecule has 2 aliphatic carbocycles. The number of rotatable bonds is 6. The molecule has 2 fully saturated rings. The minimum Gasteiger partial charge on any atom is -0.481 e. The number of nitro benzene ring substituents is 1. The molecule has 9 heteroatoms. The normalized spacial score (nSPS) is 25.7. The second-order valence-electron chi connectivity index (χ2n) is 8.12. The van der Waals surface area contributed by atoms with E-state index in [2.05, 4.69) is 5.10 Å². The largest absolute Gasteiger partial charge is 0.481 e. The van der Waals surface area contributed by atoms with Crippen LogP contribution in [0.15, 0.2) is 59.7 Å². The Morgan fingerprint density at radius 1 is 1.12 bits per heavy atom. The molecule has 0 N–H and O–H groups in total. The number of carbonyl (C=O) groups excluding carboxylic acids is 2. The molecule has 2 bridgehead atoms. The zero-order valence-corrected chi connectivity index (χ0v) is 17.5. The van der Waals surface area contributed by atoms with Crippen LogP contribution < -0.4 is 4.74 Å². The molecule has 1 heterocycles. The number of halogens is 1. The van der Waals surface area contributed by atoms with Crippen LogP contribution in [-0.4, -0.2) is 28.0 Å². The van der Waals surface area contributed by atoms with Gasteiger partial charge in [-0.25, -0.2) is 0 Å². The molecule has 0 radical (unpaired) electrons. The zero-order chi connectivity index (χ0) is 22.4. The Balaban J connectivity index is 1.37. The van der Waals surface area contributed by atoms with Gasteiger partial charge in [0.2, 0.25) is 5.75 Å². The van der Waals surface area contributed by atoms with Crippen molar-refractivity contribution in [1.29, 1.82) is 0 Å². The number of hydrazone groups is 1. The maximum absolute atomic E-state index is 12.7. The quantitative estimate of drug-likeness (QED) is 0.217. The molecule has 3 aliphatic rings. The fourth-order valence-corrected chi connectivity index (χ4v) is 5.08. The van der Waals surface area contributed by atoms with Crippen LogP contribution in [-0.2, 0) is 16.2 Å². The number of carbonyl (C=O) groups is 2. The number of hydrogen-bond acceptors (Lipinski definition) is 6. The van der Waals surface area contributed by atoms with E-state index < -0.39 is 4.92 Å². The van der Waals surface area contributed by atoms with E-state index >= 15 is 0 Å². The van der Waals surface area contributed by atoms with Crippen LogP contribution in [0.3, 0.4) is 0 Å². The van der Waals surface area contributed by atoms with Crippen LogP contribution in [0.25, 0.3) is 0 Å². The van der Waals surface area contributed by atoms with Crippen LogP contribution in [0, 0.1) is 33.8 Å². The van der Waals surface area contributed by atoms with Gasteiger partial charge in [0.15, 0.2) is 0 Å². The van der Waals surface area contributed by atoms with Crippen LogP contribution in [0.4, 0.5) is 5.69 Å². The minimum atomic E-state index is -0.594. The molecule has 32 heavy (non-hydrogen) atoms. The van der Waals surface area contributed by atoms with Gasteiger partial charge in [0.25, 0.3) is 11.8 Å². The predicted octanol–water partition coefficient (Wildman–Crippen LogP) is 3.97. The number of amides is 2. The summed E-state index contributed by atoms with van der Waals surface area (Å²) in [5, 5.41) is 16.6. The third kappa shape index (κ3) is 3.36. The van der Waals surface area contributed by atoms with Gasteiger partial charge in [0.05, 0.1) is 28.0 Å². The number of fused-ring (bicyclic) bond motifs is 5. The lowest BCUT2D eigenvalue weighted by Crippen LogP contribution is -2.28. The highest BCUT2D eigenvalue weighted by molar-refractivity contribution is 6.32. The summed E-state index contributed by atoms with van der Waals surface area (Å²) in [6.45, 7) is 0.116. The van der Waals surface area contributed by atoms with Crippen LogP contribution in [0.1, 0.15) is 17.5 Å². The Kier molecular flexibility index (Phi) is 5.01. The molecule has 4 atom stereocenters. The Labute approximate surface area is 188 Å². The third-order valence-corrected chi connectivity index (χ3v) is 6.52. The van der Waals surface area contributed by atoms with Crippen LogP contribution in [0.2, 0.25) is 5.02 Å². The van der Waals surface area contributed by atoms with Crippen molar-refractivity contribution in [2.45, 2.75) is 13.0 Å². The monoisotopic (exact) mass is 451 g/mol. The van der Waals surface area contributed by atoms with Crippen molar-refractivity contribution in [3.8, 4) is 5.75 Å². The summed E-state index contributed by atoms with van der Waals surface area (Å²) < 4.78 is 5.62. The van der Waals surface area contributed by atoms with Crippen molar-refractivity contribution >= 4 is 35.3 Å². The highest BCUT2D eigenvalue weighted by Gasteiger charge is 2.59. The minimum absolute atomic E-state index is 0.0368. The Bertz CT molecular complexity index is 1150. The SMILES string of the molecule is O=C1C2C3C=CC(C3)C2C(=O)N1N=Cc1cc(Cl)c(OCc2ccccc2)c([N+](=O)[O-])c1. The number of nitro groups is 1. The Morgan fingerprint density at radius 2 is 1.78 bits per heavy atom. The van der Waals surface area contributed by atoms with E-state index in [0.29, 0.717) is 0 Å². The summed E-state index contributed by atoms with van der Waals surface area (Å²) in [5.41, 5.74) is 0.796. The highest BCUT2D eigenvalue weighted by Crippen LogP contribution is 2.52. The average Bonchev–Trinajstić information content (AvgIpc) is 3.46. The van der Waals surface area contributed by atoms with E-state index in [1.54, 1.807) is 0 Å². The smallest absolute Gasteiger partial charge is 0.313 e. The molecule has 1 saturated carbocycles. The first-order valence-corrected chi connectivity index (χ1v) is 10.6. The van der Waals surface area contributed by atoms with Gasteiger partial charge in [-0.15, -0.1) is 0 Å². The van der Waals surface area contributed by atoms with E-state index in [1.807, 2.05) is 42.5 Å². The second kappa shape index (κ2) is 7.87. The first-order chi connectivity index (χ1) is 15.4. The second-order valence-corrected chi connectivity index (χ2v) is 8.52. The molecule has 2 aromatic rings. The van der Waals surface area contributed by atoms with Gasteiger partial charge in [0, 0.05) is 11.6 Å². The lowest BCUT2D eigenvalue weighted by Gasteiger charge is -2.13. The number of allylic oxidation sites excluding steroid dienone is 2. The Hall–Kier alpha value is -3.52. The number of benzene rings is 2. The van der Waals surface area contributed by atoms with Crippen LogP contribution >= 0.6 is 11.6 Å².